The molecule has 0 saturated carbocycles. The molecule has 0 bridgehead atoms. The number of amides is 1. The molecule has 3 rings (SSSR count). The molecule has 2 N–H and O–H groups in total. The average molecular weight is 310 g/mol. The van der Waals surface area contributed by atoms with Crippen LogP contribution in [0.1, 0.15) is 33.9 Å². The van der Waals surface area contributed by atoms with Gasteiger partial charge in [-0.05, 0) is 51.5 Å². The van der Waals surface area contributed by atoms with Gasteiger partial charge in [-0.15, -0.1) is 0 Å². The first-order valence-electron chi connectivity index (χ1n) is 7.91. The van der Waals surface area contributed by atoms with Crippen molar-refractivity contribution in [1.29, 1.82) is 0 Å². The summed E-state index contributed by atoms with van der Waals surface area (Å²) in [7, 11) is 0. The van der Waals surface area contributed by atoms with Gasteiger partial charge in [-0.25, -0.2) is 0 Å². The summed E-state index contributed by atoms with van der Waals surface area (Å²) in [6.45, 7) is 7.52. The van der Waals surface area contributed by atoms with Gasteiger partial charge in [0.2, 0.25) is 0 Å². The second kappa shape index (κ2) is 6.28. The number of aromatic amines is 1. The van der Waals surface area contributed by atoms with Gasteiger partial charge in [0, 0.05) is 29.7 Å². The largest absolute Gasteiger partial charge is 0.351 e. The Morgan fingerprint density at radius 1 is 1.22 bits per heavy atom. The minimum atomic E-state index is -0.0628. The number of fused-ring (bicyclic) bond motifs is 1. The molecule has 0 fully saturated rings. The third-order valence-electron chi connectivity index (χ3n) is 3.96. The van der Waals surface area contributed by atoms with Crippen molar-refractivity contribution in [3.8, 4) is 0 Å². The van der Waals surface area contributed by atoms with Crippen molar-refractivity contribution in [3.05, 3.63) is 53.0 Å². The topological polar surface area (TPSA) is 62.7 Å². The second-order valence-corrected chi connectivity index (χ2v) is 6.03. The van der Waals surface area contributed by atoms with E-state index < -0.39 is 0 Å². The highest BCUT2D eigenvalue weighted by molar-refractivity contribution is 5.98. The highest BCUT2D eigenvalue weighted by atomic mass is 16.1. The monoisotopic (exact) mass is 310 g/mol. The molecule has 2 heterocycles. The van der Waals surface area contributed by atoms with Crippen LogP contribution in [0.5, 0.6) is 0 Å². The fourth-order valence-corrected chi connectivity index (χ4v) is 2.80. The Labute approximate surface area is 135 Å². The SMILES string of the molecule is Cc1ccc2[nH]c(C(=O)NCCCn3nc(C)cc3C)cc2c1. The fraction of sp³-hybridized carbons (Fsp3) is 0.333. The van der Waals surface area contributed by atoms with Crippen LogP contribution in [0.3, 0.4) is 0 Å². The highest BCUT2D eigenvalue weighted by Gasteiger charge is 2.09. The molecule has 0 atom stereocenters. The summed E-state index contributed by atoms with van der Waals surface area (Å²) in [4.78, 5) is 15.4. The standard InChI is InChI=1S/C18H22N4O/c1-12-5-6-16-15(9-12)11-17(20-16)18(23)19-7-4-8-22-14(3)10-13(2)21-22/h5-6,9-11,20H,4,7-8H2,1-3H3,(H,19,23). The Morgan fingerprint density at radius 3 is 2.78 bits per heavy atom. The van der Waals surface area contributed by atoms with Gasteiger partial charge in [-0.1, -0.05) is 11.6 Å². The fourth-order valence-electron chi connectivity index (χ4n) is 2.80. The molecular formula is C18H22N4O. The lowest BCUT2D eigenvalue weighted by Crippen LogP contribution is -2.25. The Kier molecular flexibility index (Phi) is 4.19. The number of nitrogens with one attached hydrogen (secondary N) is 2. The van der Waals surface area contributed by atoms with Gasteiger partial charge < -0.3 is 10.3 Å². The Bertz CT molecular complexity index is 844. The molecule has 1 aromatic carbocycles. The first kappa shape index (κ1) is 15.3. The first-order valence-corrected chi connectivity index (χ1v) is 7.91. The van der Waals surface area contributed by atoms with Crippen molar-refractivity contribution in [2.45, 2.75) is 33.7 Å². The van der Waals surface area contributed by atoms with Gasteiger partial charge in [0.1, 0.15) is 5.69 Å². The zero-order valence-corrected chi connectivity index (χ0v) is 13.8. The van der Waals surface area contributed by atoms with E-state index in [2.05, 4.69) is 27.5 Å². The van der Waals surface area contributed by atoms with Crippen LogP contribution < -0.4 is 5.32 Å². The number of carbonyl (C=O) groups excluding carboxylic acids is 1. The van der Waals surface area contributed by atoms with Crippen molar-refractivity contribution in [2.24, 2.45) is 0 Å². The van der Waals surface area contributed by atoms with Crippen LogP contribution in [0.25, 0.3) is 10.9 Å². The van der Waals surface area contributed by atoms with E-state index in [0.29, 0.717) is 12.2 Å². The summed E-state index contributed by atoms with van der Waals surface area (Å²) >= 11 is 0. The summed E-state index contributed by atoms with van der Waals surface area (Å²) in [6.07, 6.45) is 0.854. The molecule has 5 heteroatoms. The summed E-state index contributed by atoms with van der Waals surface area (Å²) in [5.74, 6) is -0.0628. The maximum Gasteiger partial charge on any atom is 0.267 e. The Morgan fingerprint density at radius 2 is 2.04 bits per heavy atom. The third-order valence-corrected chi connectivity index (χ3v) is 3.96. The summed E-state index contributed by atoms with van der Waals surface area (Å²) in [5.41, 5.74) is 4.97. The molecule has 0 spiro atoms. The molecule has 2 aromatic heterocycles. The van der Waals surface area contributed by atoms with Crippen LogP contribution in [0, 0.1) is 20.8 Å². The zero-order valence-electron chi connectivity index (χ0n) is 13.8. The number of nitrogens with zero attached hydrogens (tertiary/aromatic N) is 2. The number of aromatic nitrogens is 3. The average Bonchev–Trinajstić information content (AvgIpc) is 3.06. The van der Waals surface area contributed by atoms with Crippen LogP contribution in [0.15, 0.2) is 30.3 Å². The molecule has 0 unspecified atom stereocenters. The maximum atomic E-state index is 12.2. The van der Waals surface area contributed by atoms with Gasteiger partial charge in [-0.3, -0.25) is 9.48 Å². The van der Waals surface area contributed by atoms with Crippen LogP contribution in [0.4, 0.5) is 0 Å². The molecule has 0 aliphatic heterocycles. The first-order chi connectivity index (χ1) is 11.0. The number of benzene rings is 1. The lowest BCUT2D eigenvalue weighted by atomic mass is 10.2. The Hall–Kier alpha value is -2.56. The minimum Gasteiger partial charge on any atom is -0.351 e. The predicted molar refractivity (Wildman–Crippen MR) is 91.7 cm³/mol. The smallest absolute Gasteiger partial charge is 0.267 e. The zero-order chi connectivity index (χ0) is 16.4. The summed E-state index contributed by atoms with van der Waals surface area (Å²) in [5, 5.41) is 8.45. The minimum absolute atomic E-state index is 0.0628. The van der Waals surface area contributed by atoms with E-state index in [9.17, 15) is 4.79 Å². The third kappa shape index (κ3) is 3.44. The Balaban J connectivity index is 1.55. The van der Waals surface area contributed by atoms with E-state index in [1.54, 1.807) is 0 Å². The van der Waals surface area contributed by atoms with E-state index in [0.717, 1.165) is 35.3 Å². The van der Waals surface area contributed by atoms with Crippen molar-refractivity contribution in [2.75, 3.05) is 6.54 Å². The van der Waals surface area contributed by atoms with Crippen molar-refractivity contribution >= 4 is 16.8 Å². The summed E-state index contributed by atoms with van der Waals surface area (Å²) in [6, 6.07) is 10.1. The molecule has 0 radical (unpaired) electrons. The lowest BCUT2D eigenvalue weighted by Gasteiger charge is -2.05. The molecular weight excluding hydrogens is 288 g/mol. The highest BCUT2D eigenvalue weighted by Crippen LogP contribution is 2.16. The van der Waals surface area contributed by atoms with E-state index in [4.69, 9.17) is 0 Å². The number of carbonyl (C=O) groups is 1. The van der Waals surface area contributed by atoms with Gasteiger partial charge in [-0.2, -0.15) is 5.10 Å². The molecule has 0 aliphatic carbocycles. The van der Waals surface area contributed by atoms with Crippen molar-refractivity contribution in [1.82, 2.24) is 20.1 Å². The number of H-pyrrole nitrogens is 1. The molecule has 0 aliphatic rings. The molecule has 3 aromatic rings. The second-order valence-electron chi connectivity index (χ2n) is 6.03. The summed E-state index contributed by atoms with van der Waals surface area (Å²) < 4.78 is 1.98. The van der Waals surface area contributed by atoms with E-state index >= 15 is 0 Å². The van der Waals surface area contributed by atoms with E-state index in [1.165, 1.54) is 5.56 Å². The van der Waals surface area contributed by atoms with Gasteiger partial charge in [0.25, 0.3) is 5.91 Å². The number of hydrogen-bond donors (Lipinski definition) is 2. The lowest BCUT2D eigenvalue weighted by molar-refractivity contribution is 0.0948. The quantitative estimate of drug-likeness (QED) is 0.711. The molecule has 1 amide bonds. The van der Waals surface area contributed by atoms with E-state index in [1.807, 2.05) is 43.7 Å². The molecule has 120 valence electrons. The van der Waals surface area contributed by atoms with E-state index in [-0.39, 0.29) is 5.91 Å². The van der Waals surface area contributed by atoms with Crippen LogP contribution in [-0.4, -0.2) is 27.2 Å². The van der Waals surface area contributed by atoms with Crippen LogP contribution in [-0.2, 0) is 6.54 Å². The van der Waals surface area contributed by atoms with Crippen LogP contribution in [0.2, 0.25) is 0 Å². The normalized spacial score (nSPS) is 11.1. The number of rotatable bonds is 5. The van der Waals surface area contributed by atoms with Gasteiger partial charge in [0.05, 0.1) is 5.69 Å². The van der Waals surface area contributed by atoms with Gasteiger partial charge >= 0.3 is 0 Å². The van der Waals surface area contributed by atoms with Crippen LogP contribution >= 0.6 is 0 Å². The number of aryl methyl sites for hydroxylation is 4. The van der Waals surface area contributed by atoms with Crippen molar-refractivity contribution in [3.63, 3.8) is 0 Å². The van der Waals surface area contributed by atoms with Crippen molar-refractivity contribution < 1.29 is 4.79 Å². The predicted octanol–water partition coefficient (Wildman–Crippen LogP) is 3.11. The molecule has 23 heavy (non-hydrogen) atoms. The maximum absolute atomic E-state index is 12.2. The number of hydrogen-bond acceptors (Lipinski definition) is 2. The molecule has 5 nitrogen and oxygen atoms in total. The van der Waals surface area contributed by atoms with Gasteiger partial charge in [0.15, 0.2) is 0 Å². The molecule has 0 saturated heterocycles.